The van der Waals surface area contributed by atoms with Gasteiger partial charge in [0.15, 0.2) is 11.6 Å². The number of rotatable bonds is 1. The van der Waals surface area contributed by atoms with Crippen LogP contribution in [0.4, 0.5) is 0 Å². The summed E-state index contributed by atoms with van der Waals surface area (Å²) >= 11 is 0. The van der Waals surface area contributed by atoms with Gasteiger partial charge in [0.25, 0.3) is 0 Å². The van der Waals surface area contributed by atoms with E-state index in [2.05, 4.69) is 27.7 Å². The highest BCUT2D eigenvalue weighted by atomic mass is 16.7. The molecule has 12 atom stereocenters. The van der Waals surface area contributed by atoms with Gasteiger partial charge >= 0.3 is 5.97 Å². The molecule has 0 aromatic heterocycles. The minimum absolute atomic E-state index is 0.0329. The van der Waals surface area contributed by atoms with Gasteiger partial charge in [-0.2, -0.15) is 0 Å². The number of ketones is 1. The Hall–Kier alpha value is -0.980. The van der Waals surface area contributed by atoms with Crippen LogP contribution >= 0.6 is 0 Å². The predicted molar refractivity (Wildman–Crippen MR) is 129 cm³/mol. The Kier molecular flexibility index (Phi) is 5.41. The van der Waals surface area contributed by atoms with Crippen LogP contribution in [0.1, 0.15) is 92.4 Å². The zero-order valence-corrected chi connectivity index (χ0v) is 22.2. The molecule has 4 aliphatic carbocycles. The molecule has 6 heteroatoms. The Labute approximate surface area is 209 Å². The third-order valence-corrected chi connectivity index (χ3v) is 12.2. The SMILES string of the molecule is CC(=O)O[C@H]1CC[C@]2(C)[C@H]3CC[C@]4(C)[C@@H]5[C@H](C[C@H]4[C@@H]3CC(=O)[C@@]2(O)C1)O[C@@]1(CC[C@@H](C)CO1)[C@H]5C. The number of hydrogen-bond acceptors (Lipinski definition) is 6. The minimum Gasteiger partial charge on any atom is -0.462 e. The second-order valence-electron chi connectivity index (χ2n) is 13.8. The van der Waals surface area contributed by atoms with E-state index in [-0.39, 0.29) is 35.8 Å². The zero-order chi connectivity index (χ0) is 25.0. The van der Waals surface area contributed by atoms with Crippen molar-refractivity contribution in [1.82, 2.24) is 0 Å². The van der Waals surface area contributed by atoms with Gasteiger partial charge in [0.1, 0.15) is 11.7 Å². The second kappa shape index (κ2) is 7.77. The molecule has 2 saturated heterocycles. The summed E-state index contributed by atoms with van der Waals surface area (Å²) in [4.78, 5) is 25.2. The van der Waals surface area contributed by atoms with Crippen LogP contribution in [-0.2, 0) is 23.8 Å². The summed E-state index contributed by atoms with van der Waals surface area (Å²) in [6.07, 6.45) is 7.30. The number of ether oxygens (including phenoxy) is 3. The van der Waals surface area contributed by atoms with Gasteiger partial charge in [-0.3, -0.25) is 9.59 Å². The lowest BCUT2D eigenvalue weighted by Gasteiger charge is -2.63. The molecule has 6 nitrogen and oxygen atoms in total. The van der Waals surface area contributed by atoms with Gasteiger partial charge in [-0.15, -0.1) is 0 Å². The van der Waals surface area contributed by atoms with Crippen molar-refractivity contribution in [3.8, 4) is 0 Å². The number of esters is 1. The second-order valence-corrected chi connectivity index (χ2v) is 13.8. The summed E-state index contributed by atoms with van der Waals surface area (Å²) in [6, 6.07) is 0. The molecule has 1 spiro atoms. The fraction of sp³-hybridized carbons (Fsp3) is 0.931. The van der Waals surface area contributed by atoms with Crippen LogP contribution in [0.5, 0.6) is 0 Å². The highest BCUT2D eigenvalue weighted by Gasteiger charge is 2.72. The summed E-state index contributed by atoms with van der Waals surface area (Å²) in [5.41, 5.74) is -1.71. The summed E-state index contributed by atoms with van der Waals surface area (Å²) < 4.78 is 18.7. The van der Waals surface area contributed by atoms with Crippen molar-refractivity contribution in [3.05, 3.63) is 0 Å². The van der Waals surface area contributed by atoms with Gasteiger partial charge in [-0.1, -0.05) is 27.7 Å². The van der Waals surface area contributed by atoms with Crippen LogP contribution in [0.15, 0.2) is 0 Å². The van der Waals surface area contributed by atoms with Crippen LogP contribution in [0.3, 0.4) is 0 Å². The Morgan fingerprint density at radius 1 is 1.09 bits per heavy atom. The Balaban J connectivity index is 1.26. The Morgan fingerprint density at radius 3 is 2.54 bits per heavy atom. The van der Waals surface area contributed by atoms with Crippen molar-refractivity contribution >= 4 is 11.8 Å². The molecule has 0 aromatic rings. The van der Waals surface area contributed by atoms with E-state index in [0.717, 1.165) is 51.6 Å². The van der Waals surface area contributed by atoms with Gasteiger partial charge < -0.3 is 19.3 Å². The first kappa shape index (κ1) is 24.4. The van der Waals surface area contributed by atoms with Gasteiger partial charge in [0.05, 0.1) is 12.7 Å². The van der Waals surface area contributed by atoms with Crippen molar-refractivity contribution < 1.29 is 28.9 Å². The summed E-state index contributed by atoms with van der Waals surface area (Å²) in [5.74, 6) is 1.68. The number of carbonyl (C=O) groups is 2. The average Bonchev–Trinajstić information content (AvgIpc) is 3.23. The fourth-order valence-electron chi connectivity index (χ4n) is 10.4. The molecular formula is C29H44O6. The van der Waals surface area contributed by atoms with Crippen LogP contribution in [-0.4, -0.2) is 47.1 Å². The molecule has 0 aromatic carbocycles. The molecule has 0 unspecified atom stereocenters. The lowest BCUT2D eigenvalue weighted by molar-refractivity contribution is -0.273. The van der Waals surface area contributed by atoms with E-state index >= 15 is 0 Å². The average molecular weight is 489 g/mol. The Bertz CT molecular complexity index is 909. The molecule has 0 radical (unpaired) electrons. The van der Waals surface area contributed by atoms with Gasteiger partial charge in [0, 0.05) is 37.5 Å². The minimum atomic E-state index is -1.39. The summed E-state index contributed by atoms with van der Waals surface area (Å²) in [7, 11) is 0. The molecule has 196 valence electrons. The van der Waals surface area contributed by atoms with Crippen molar-refractivity contribution in [2.24, 2.45) is 46.3 Å². The van der Waals surface area contributed by atoms with E-state index in [4.69, 9.17) is 14.2 Å². The highest BCUT2D eigenvalue weighted by molar-refractivity contribution is 5.89. The smallest absolute Gasteiger partial charge is 0.302 e. The standard InChI is InChI=1S/C29H44O6/c1-16-6-11-29(33-15-16)17(2)25-23(35-29)13-22-20-12-24(31)28(32)14-19(34-18(3)30)7-10-27(28,5)21(20)8-9-26(22,25)4/h16-17,19-23,25,32H,6-15H2,1-5H3/t16-,17+,19+,20-,21+,22+,23+,25+,26+,27-,28+,29+/m1/s1. The molecule has 4 saturated carbocycles. The maximum absolute atomic E-state index is 13.7. The third kappa shape index (κ3) is 3.18. The number of Topliss-reactive ketones (excluding diaryl/α,β-unsaturated/α-hetero) is 1. The molecule has 6 fully saturated rings. The molecule has 6 rings (SSSR count). The largest absolute Gasteiger partial charge is 0.462 e. The molecule has 0 amide bonds. The number of carbonyl (C=O) groups excluding carboxylic acids is 2. The van der Waals surface area contributed by atoms with Gasteiger partial charge in [-0.25, -0.2) is 0 Å². The summed E-state index contributed by atoms with van der Waals surface area (Å²) in [6.45, 7) is 11.4. The van der Waals surface area contributed by atoms with E-state index in [1.54, 1.807) is 0 Å². The van der Waals surface area contributed by atoms with E-state index < -0.39 is 16.8 Å². The molecule has 6 aliphatic rings. The van der Waals surface area contributed by atoms with Gasteiger partial charge in [-0.05, 0) is 73.5 Å². The van der Waals surface area contributed by atoms with Crippen LogP contribution in [0.25, 0.3) is 0 Å². The lowest BCUT2D eigenvalue weighted by atomic mass is 9.42. The zero-order valence-electron chi connectivity index (χ0n) is 22.2. The molecular weight excluding hydrogens is 444 g/mol. The molecule has 2 aliphatic heterocycles. The van der Waals surface area contributed by atoms with Crippen LogP contribution < -0.4 is 0 Å². The van der Waals surface area contributed by atoms with Crippen LogP contribution in [0, 0.1) is 46.3 Å². The van der Waals surface area contributed by atoms with E-state index in [1.807, 2.05) is 0 Å². The third-order valence-electron chi connectivity index (χ3n) is 12.2. The maximum atomic E-state index is 13.7. The van der Waals surface area contributed by atoms with Crippen molar-refractivity contribution in [3.63, 3.8) is 0 Å². The van der Waals surface area contributed by atoms with Crippen LogP contribution in [0.2, 0.25) is 0 Å². The first-order valence-electron chi connectivity index (χ1n) is 14.2. The van der Waals surface area contributed by atoms with Crippen molar-refractivity contribution in [2.75, 3.05) is 6.61 Å². The first-order valence-corrected chi connectivity index (χ1v) is 14.2. The number of fused-ring (bicyclic) bond motifs is 7. The van der Waals surface area contributed by atoms with Crippen molar-refractivity contribution in [2.45, 2.75) is 116 Å². The molecule has 2 heterocycles. The van der Waals surface area contributed by atoms with E-state index in [1.165, 1.54) is 6.92 Å². The maximum Gasteiger partial charge on any atom is 0.302 e. The monoisotopic (exact) mass is 488 g/mol. The fourth-order valence-corrected chi connectivity index (χ4v) is 10.4. The molecule has 0 bridgehead atoms. The number of aliphatic hydroxyl groups is 1. The van der Waals surface area contributed by atoms with E-state index in [0.29, 0.717) is 41.9 Å². The topological polar surface area (TPSA) is 82.1 Å². The normalized spacial score (nSPS) is 57.3. The van der Waals surface area contributed by atoms with Crippen molar-refractivity contribution in [1.29, 1.82) is 0 Å². The quantitative estimate of drug-likeness (QED) is 0.541. The molecule has 1 N–H and O–H groups in total. The highest BCUT2D eigenvalue weighted by Crippen LogP contribution is 2.71. The number of hydrogen-bond donors (Lipinski definition) is 1. The first-order chi connectivity index (χ1) is 16.4. The Morgan fingerprint density at radius 2 is 1.86 bits per heavy atom. The molecule has 35 heavy (non-hydrogen) atoms. The predicted octanol–water partition coefficient (Wildman–Crippen LogP) is 4.66. The summed E-state index contributed by atoms with van der Waals surface area (Å²) in [5, 5.41) is 11.9. The van der Waals surface area contributed by atoms with E-state index in [9.17, 15) is 14.7 Å². The lowest BCUT2D eigenvalue weighted by Crippen LogP contribution is -2.67. The van der Waals surface area contributed by atoms with Gasteiger partial charge in [0.2, 0.25) is 0 Å².